The maximum absolute atomic E-state index is 13.6. The van der Waals surface area contributed by atoms with Crippen LogP contribution in [0.15, 0.2) is 65.6 Å². The van der Waals surface area contributed by atoms with Gasteiger partial charge in [0.1, 0.15) is 12.3 Å². The summed E-state index contributed by atoms with van der Waals surface area (Å²) >= 11 is 0. The van der Waals surface area contributed by atoms with Crippen molar-refractivity contribution in [2.75, 3.05) is 30.1 Å². The zero-order chi connectivity index (χ0) is 25.2. The predicted octanol–water partition coefficient (Wildman–Crippen LogP) is 3.47. The SMILES string of the molecule is COc1ccc(N(CC(=O)Nc2ccc3c(c2)OCO3)S(=O)(=O)c2ccc(C)c([N+](=O)[O-])c2)cc1. The van der Waals surface area contributed by atoms with Gasteiger partial charge in [-0.25, -0.2) is 8.42 Å². The minimum absolute atomic E-state index is 0.0684. The molecule has 0 saturated carbocycles. The Kier molecular flexibility index (Phi) is 6.47. The molecule has 0 aromatic heterocycles. The molecule has 0 atom stereocenters. The van der Waals surface area contributed by atoms with E-state index in [1.54, 1.807) is 30.3 Å². The Morgan fingerprint density at radius 3 is 2.49 bits per heavy atom. The summed E-state index contributed by atoms with van der Waals surface area (Å²) in [5.41, 5.74) is 0.531. The molecule has 0 saturated heterocycles. The largest absolute Gasteiger partial charge is 0.497 e. The van der Waals surface area contributed by atoms with Crippen LogP contribution >= 0.6 is 0 Å². The van der Waals surface area contributed by atoms with Crippen LogP contribution in [0, 0.1) is 17.0 Å². The second-order valence-electron chi connectivity index (χ2n) is 7.53. The number of hydrogen-bond acceptors (Lipinski definition) is 8. The molecule has 4 rings (SSSR count). The molecule has 1 N–H and O–H groups in total. The fourth-order valence-electron chi connectivity index (χ4n) is 3.44. The lowest BCUT2D eigenvalue weighted by atomic mass is 10.2. The second-order valence-corrected chi connectivity index (χ2v) is 9.39. The molecule has 182 valence electrons. The lowest BCUT2D eigenvalue weighted by molar-refractivity contribution is -0.385. The van der Waals surface area contributed by atoms with E-state index in [1.165, 1.54) is 38.3 Å². The highest BCUT2D eigenvalue weighted by Gasteiger charge is 2.29. The summed E-state index contributed by atoms with van der Waals surface area (Å²) in [7, 11) is -2.89. The number of nitro groups is 1. The minimum atomic E-state index is -4.36. The summed E-state index contributed by atoms with van der Waals surface area (Å²) in [5.74, 6) is 0.840. The average Bonchev–Trinajstić information content (AvgIpc) is 3.30. The van der Waals surface area contributed by atoms with Gasteiger partial charge in [-0.05, 0) is 49.4 Å². The van der Waals surface area contributed by atoms with E-state index in [9.17, 15) is 23.3 Å². The zero-order valence-electron chi connectivity index (χ0n) is 18.8. The Labute approximate surface area is 201 Å². The van der Waals surface area contributed by atoms with Gasteiger partial charge in [0, 0.05) is 23.4 Å². The van der Waals surface area contributed by atoms with Crippen LogP contribution in [-0.4, -0.2) is 39.7 Å². The molecule has 1 aliphatic heterocycles. The quantitative estimate of drug-likeness (QED) is 0.367. The van der Waals surface area contributed by atoms with Gasteiger partial charge < -0.3 is 19.5 Å². The molecule has 1 heterocycles. The Bertz CT molecular complexity index is 1390. The molecule has 0 radical (unpaired) electrons. The van der Waals surface area contributed by atoms with E-state index in [0.717, 1.165) is 10.4 Å². The van der Waals surface area contributed by atoms with Gasteiger partial charge in [-0.15, -0.1) is 0 Å². The Morgan fingerprint density at radius 2 is 1.80 bits per heavy atom. The van der Waals surface area contributed by atoms with Gasteiger partial charge in [0.05, 0.1) is 22.6 Å². The normalized spacial score (nSPS) is 12.2. The van der Waals surface area contributed by atoms with Crippen molar-refractivity contribution in [3.8, 4) is 17.2 Å². The number of nitrogens with zero attached hydrogens (tertiary/aromatic N) is 2. The number of amides is 1. The van der Waals surface area contributed by atoms with Gasteiger partial charge in [-0.1, -0.05) is 6.07 Å². The number of ether oxygens (including phenoxy) is 3. The van der Waals surface area contributed by atoms with Gasteiger partial charge in [0.25, 0.3) is 15.7 Å². The lowest BCUT2D eigenvalue weighted by Gasteiger charge is -2.24. The minimum Gasteiger partial charge on any atom is -0.497 e. The first-order valence-corrected chi connectivity index (χ1v) is 11.7. The van der Waals surface area contributed by atoms with Crippen molar-refractivity contribution >= 4 is 33.0 Å². The Balaban J connectivity index is 1.67. The van der Waals surface area contributed by atoms with Gasteiger partial charge in [0.2, 0.25) is 12.7 Å². The third-order valence-electron chi connectivity index (χ3n) is 5.27. The lowest BCUT2D eigenvalue weighted by Crippen LogP contribution is -2.38. The number of fused-ring (bicyclic) bond motifs is 1. The standard InChI is InChI=1S/C23H21N3O8S/c1-15-3-9-19(12-20(15)26(28)29)35(30,31)25(17-5-7-18(32-2)8-6-17)13-23(27)24-16-4-10-21-22(11-16)34-14-33-21/h3-12H,13-14H2,1-2H3,(H,24,27). The first-order valence-electron chi connectivity index (χ1n) is 10.3. The van der Waals surface area contributed by atoms with Gasteiger partial charge >= 0.3 is 0 Å². The maximum atomic E-state index is 13.6. The summed E-state index contributed by atoms with van der Waals surface area (Å²) in [4.78, 5) is 23.3. The predicted molar refractivity (Wildman–Crippen MR) is 127 cm³/mol. The van der Waals surface area contributed by atoms with E-state index < -0.39 is 27.4 Å². The van der Waals surface area contributed by atoms with Crippen LogP contribution in [0.2, 0.25) is 0 Å². The van der Waals surface area contributed by atoms with E-state index in [-0.39, 0.29) is 23.1 Å². The molecule has 0 bridgehead atoms. The molecule has 11 nitrogen and oxygen atoms in total. The van der Waals surface area contributed by atoms with E-state index >= 15 is 0 Å². The molecule has 1 amide bonds. The number of hydrogen-bond donors (Lipinski definition) is 1. The van der Waals surface area contributed by atoms with Crippen LogP contribution in [0.25, 0.3) is 0 Å². The molecular formula is C23H21N3O8S. The summed E-state index contributed by atoms with van der Waals surface area (Å²) in [6.07, 6.45) is 0. The van der Waals surface area contributed by atoms with Crippen molar-refractivity contribution in [3.05, 3.63) is 76.3 Å². The van der Waals surface area contributed by atoms with Crippen LogP contribution in [0.3, 0.4) is 0 Å². The van der Waals surface area contributed by atoms with Crippen LogP contribution < -0.4 is 23.8 Å². The summed E-state index contributed by atoms with van der Waals surface area (Å²) < 4.78 is 43.7. The first-order chi connectivity index (χ1) is 16.7. The highest BCUT2D eigenvalue weighted by atomic mass is 32.2. The molecule has 3 aromatic rings. The fourth-order valence-corrected chi connectivity index (χ4v) is 4.88. The van der Waals surface area contributed by atoms with E-state index in [2.05, 4.69) is 5.32 Å². The first kappa shape index (κ1) is 23.8. The van der Waals surface area contributed by atoms with E-state index in [1.807, 2.05) is 0 Å². The van der Waals surface area contributed by atoms with Crippen molar-refractivity contribution in [3.63, 3.8) is 0 Å². The smallest absolute Gasteiger partial charge is 0.273 e. The number of nitro benzene ring substituents is 1. The molecule has 0 unspecified atom stereocenters. The third-order valence-corrected chi connectivity index (χ3v) is 7.04. The van der Waals surface area contributed by atoms with Crippen molar-refractivity contribution in [1.29, 1.82) is 0 Å². The zero-order valence-corrected chi connectivity index (χ0v) is 19.6. The second kappa shape index (κ2) is 9.50. The van der Waals surface area contributed by atoms with Crippen LogP contribution in [-0.2, 0) is 14.8 Å². The molecule has 12 heteroatoms. The average molecular weight is 500 g/mol. The molecule has 0 aliphatic carbocycles. The number of methoxy groups -OCH3 is 1. The number of carbonyl (C=O) groups excluding carboxylic acids is 1. The number of benzene rings is 3. The third kappa shape index (κ3) is 4.96. The molecule has 0 fully saturated rings. The van der Waals surface area contributed by atoms with Crippen molar-refractivity contribution < 1.29 is 32.3 Å². The summed E-state index contributed by atoms with van der Waals surface area (Å²) in [6.45, 7) is 0.984. The van der Waals surface area contributed by atoms with E-state index in [0.29, 0.717) is 28.5 Å². The van der Waals surface area contributed by atoms with Crippen molar-refractivity contribution in [2.45, 2.75) is 11.8 Å². The number of nitrogens with one attached hydrogen (secondary N) is 1. The number of carbonyl (C=O) groups is 1. The topological polar surface area (TPSA) is 137 Å². The fraction of sp³-hybridized carbons (Fsp3) is 0.174. The molecule has 3 aromatic carbocycles. The number of aryl methyl sites for hydroxylation is 1. The number of sulfonamides is 1. The molecule has 35 heavy (non-hydrogen) atoms. The van der Waals surface area contributed by atoms with E-state index in [4.69, 9.17) is 14.2 Å². The van der Waals surface area contributed by atoms with Crippen LogP contribution in [0.4, 0.5) is 17.1 Å². The van der Waals surface area contributed by atoms with Gasteiger partial charge in [-0.3, -0.25) is 19.2 Å². The number of rotatable bonds is 8. The Morgan fingerprint density at radius 1 is 1.09 bits per heavy atom. The van der Waals surface area contributed by atoms with Crippen LogP contribution in [0.1, 0.15) is 5.56 Å². The Hall–Kier alpha value is -4.32. The monoisotopic (exact) mass is 499 g/mol. The van der Waals surface area contributed by atoms with Crippen LogP contribution in [0.5, 0.6) is 17.2 Å². The maximum Gasteiger partial charge on any atom is 0.273 e. The molecule has 1 aliphatic rings. The number of anilines is 2. The van der Waals surface area contributed by atoms with Gasteiger partial charge in [-0.2, -0.15) is 0 Å². The van der Waals surface area contributed by atoms with Gasteiger partial charge in [0.15, 0.2) is 11.5 Å². The summed E-state index contributed by atoms with van der Waals surface area (Å²) in [5, 5.41) is 14.0. The van der Waals surface area contributed by atoms with Crippen molar-refractivity contribution in [2.24, 2.45) is 0 Å². The summed E-state index contributed by atoms with van der Waals surface area (Å²) in [6, 6.07) is 14.4. The molecular weight excluding hydrogens is 478 g/mol. The molecule has 0 spiro atoms. The van der Waals surface area contributed by atoms with Crippen molar-refractivity contribution in [1.82, 2.24) is 0 Å². The highest BCUT2D eigenvalue weighted by molar-refractivity contribution is 7.92. The highest BCUT2D eigenvalue weighted by Crippen LogP contribution is 2.34.